The van der Waals surface area contributed by atoms with E-state index >= 15 is 0 Å². The number of fused-ring (bicyclic) bond motifs is 1. The molecule has 1 fully saturated rings. The standard InChI is InChI=1S/C24H30N6O2/c1-29(2)23-20-8-4-5-9-21(20)27-24(28-23)26-19-13-11-17(12-14-19)15-25-16-18-7-3-6-10-22(18)30(31)32/h3-10,17,19,25H,11-16H2,1-2H3,(H,26,27,28). The zero-order chi connectivity index (χ0) is 22.5. The number of hydrogen-bond acceptors (Lipinski definition) is 7. The van der Waals surface area contributed by atoms with Gasteiger partial charge >= 0.3 is 0 Å². The van der Waals surface area contributed by atoms with E-state index in [1.807, 2.05) is 49.3 Å². The van der Waals surface area contributed by atoms with Crippen molar-refractivity contribution in [1.29, 1.82) is 0 Å². The van der Waals surface area contributed by atoms with Gasteiger partial charge in [0.05, 0.1) is 10.4 Å². The fourth-order valence-electron chi connectivity index (χ4n) is 4.41. The average Bonchev–Trinajstić information content (AvgIpc) is 2.80. The van der Waals surface area contributed by atoms with E-state index in [1.54, 1.807) is 12.1 Å². The minimum absolute atomic E-state index is 0.181. The molecular formula is C24H30N6O2. The molecule has 0 atom stereocenters. The number of anilines is 2. The van der Waals surface area contributed by atoms with Crippen LogP contribution in [0, 0.1) is 16.0 Å². The summed E-state index contributed by atoms with van der Waals surface area (Å²) in [6.07, 6.45) is 4.34. The summed E-state index contributed by atoms with van der Waals surface area (Å²) in [7, 11) is 4.00. The normalized spacial score (nSPS) is 18.4. The van der Waals surface area contributed by atoms with Gasteiger partial charge in [-0.05, 0) is 50.3 Å². The number of nitrogens with zero attached hydrogens (tertiary/aromatic N) is 4. The van der Waals surface area contributed by atoms with Gasteiger partial charge in [0.25, 0.3) is 5.69 Å². The maximum absolute atomic E-state index is 11.2. The van der Waals surface area contributed by atoms with Crippen LogP contribution >= 0.6 is 0 Å². The fraction of sp³-hybridized carbons (Fsp3) is 0.417. The molecule has 2 aromatic carbocycles. The maximum atomic E-state index is 11.2. The van der Waals surface area contributed by atoms with Gasteiger partial charge in [-0.2, -0.15) is 4.98 Å². The third-order valence-corrected chi connectivity index (χ3v) is 6.12. The van der Waals surface area contributed by atoms with Crippen molar-refractivity contribution in [3.05, 3.63) is 64.2 Å². The van der Waals surface area contributed by atoms with E-state index in [4.69, 9.17) is 9.97 Å². The molecule has 0 radical (unpaired) electrons. The molecule has 3 aromatic rings. The van der Waals surface area contributed by atoms with Crippen LogP contribution in [-0.2, 0) is 6.54 Å². The lowest BCUT2D eigenvalue weighted by molar-refractivity contribution is -0.385. The van der Waals surface area contributed by atoms with Gasteiger partial charge in [-0.1, -0.05) is 30.3 Å². The monoisotopic (exact) mass is 434 g/mol. The van der Waals surface area contributed by atoms with Crippen molar-refractivity contribution in [1.82, 2.24) is 15.3 Å². The molecule has 1 heterocycles. The highest BCUT2D eigenvalue weighted by Gasteiger charge is 2.22. The fourth-order valence-corrected chi connectivity index (χ4v) is 4.41. The Morgan fingerprint density at radius 2 is 1.75 bits per heavy atom. The highest BCUT2D eigenvalue weighted by molar-refractivity contribution is 5.90. The number of nitro groups is 1. The average molecular weight is 435 g/mol. The first-order valence-corrected chi connectivity index (χ1v) is 11.1. The van der Waals surface area contributed by atoms with Crippen LogP contribution < -0.4 is 15.5 Å². The molecule has 0 unspecified atom stereocenters. The Labute approximate surface area is 188 Å². The van der Waals surface area contributed by atoms with E-state index in [-0.39, 0.29) is 10.6 Å². The first-order chi connectivity index (χ1) is 15.5. The van der Waals surface area contributed by atoms with Crippen LogP contribution in [0.15, 0.2) is 48.5 Å². The number of benzene rings is 2. The second kappa shape index (κ2) is 9.91. The van der Waals surface area contributed by atoms with Crippen LogP contribution in [0.25, 0.3) is 10.9 Å². The summed E-state index contributed by atoms with van der Waals surface area (Å²) in [5.74, 6) is 2.18. The Balaban J connectivity index is 1.30. The molecule has 1 aromatic heterocycles. The summed E-state index contributed by atoms with van der Waals surface area (Å²) in [6.45, 7) is 1.39. The Morgan fingerprint density at radius 1 is 1.03 bits per heavy atom. The van der Waals surface area contributed by atoms with Crippen molar-refractivity contribution >= 4 is 28.4 Å². The lowest BCUT2D eigenvalue weighted by atomic mass is 9.86. The first-order valence-electron chi connectivity index (χ1n) is 11.1. The predicted octanol–water partition coefficient (Wildman–Crippen LogP) is 4.36. The molecule has 1 saturated carbocycles. The Morgan fingerprint density at radius 3 is 2.50 bits per heavy atom. The molecule has 2 N–H and O–H groups in total. The molecule has 0 saturated heterocycles. The second-order valence-corrected chi connectivity index (χ2v) is 8.66. The van der Waals surface area contributed by atoms with E-state index in [9.17, 15) is 10.1 Å². The molecule has 168 valence electrons. The van der Waals surface area contributed by atoms with Gasteiger partial charge in [0.1, 0.15) is 5.82 Å². The van der Waals surface area contributed by atoms with E-state index in [1.165, 1.54) is 0 Å². The lowest BCUT2D eigenvalue weighted by Gasteiger charge is -2.29. The number of nitrogens with one attached hydrogen (secondary N) is 2. The lowest BCUT2D eigenvalue weighted by Crippen LogP contribution is -2.31. The molecule has 0 spiro atoms. The van der Waals surface area contributed by atoms with Crippen molar-refractivity contribution in [2.24, 2.45) is 5.92 Å². The van der Waals surface area contributed by atoms with Gasteiger partial charge in [-0.15, -0.1) is 0 Å². The minimum atomic E-state index is -0.315. The first kappa shape index (κ1) is 22.0. The third-order valence-electron chi connectivity index (χ3n) is 6.12. The Hall–Kier alpha value is -3.26. The molecule has 32 heavy (non-hydrogen) atoms. The molecule has 4 rings (SSSR count). The quantitative estimate of drug-likeness (QED) is 0.401. The van der Waals surface area contributed by atoms with Gasteiger partial charge in [-0.25, -0.2) is 4.98 Å². The number of nitro benzene ring substituents is 1. The maximum Gasteiger partial charge on any atom is 0.273 e. The molecule has 8 nitrogen and oxygen atoms in total. The molecule has 1 aliphatic carbocycles. The summed E-state index contributed by atoms with van der Waals surface area (Å²) in [5.41, 5.74) is 1.86. The molecule has 0 amide bonds. The second-order valence-electron chi connectivity index (χ2n) is 8.66. The zero-order valence-electron chi connectivity index (χ0n) is 18.6. The largest absolute Gasteiger partial charge is 0.362 e. The Bertz CT molecular complexity index is 1080. The highest BCUT2D eigenvalue weighted by Crippen LogP contribution is 2.28. The molecule has 8 heteroatoms. The molecule has 0 aliphatic heterocycles. The molecular weight excluding hydrogens is 404 g/mol. The van der Waals surface area contributed by atoms with Gasteiger partial charge < -0.3 is 15.5 Å². The van der Waals surface area contributed by atoms with Gasteiger partial charge in [0.15, 0.2) is 0 Å². The van der Waals surface area contributed by atoms with Crippen LogP contribution in [0.4, 0.5) is 17.5 Å². The summed E-state index contributed by atoms with van der Waals surface area (Å²) < 4.78 is 0. The smallest absolute Gasteiger partial charge is 0.273 e. The van der Waals surface area contributed by atoms with Crippen LogP contribution in [0.1, 0.15) is 31.2 Å². The van der Waals surface area contributed by atoms with Crippen LogP contribution in [0.3, 0.4) is 0 Å². The van der Waals surface area contributed by atoms with E-state index in [2.05, 4.69) is 16.7 Å². The summed E-state index contributed by atoms with van der Waals surface area (Å²) in [6, 6.07) is 15.4. The van der Waals surface area contributed by atoms with Gasteiger partial charge in [0.2, 0.25) is 5.95 Å². The SMILES string of the molecule is CN(C)c1nc(NC2CCC(CNCc3ccccc3[N+](=O)[O-])CC2)nc2ccccc12. The topological polar surface area (TPSA) is 96.2 Å². The summed E-state index contributed by atoms with van der Waals surface area (Å²) in [5, 5.41) is 19.2. The van der Waals surface area contributed by atoms with E-state index < -0.39 is 0 Å². The third kappa shape index (κ3) is 5.13. The molecule has 1 aliphatic rings. The van der Waals surface area contributed by atoms with Crippen LogP contribution in [-0.4, -0.2) is 41.6 Å². The van der Waals surface area contributed by atoms with Crippen molar-refractivity contribution in [3.8, 4) is 0 Å². The highest BCUT2D eigenvalue weighted by atomic mass is 16.6. The minimum Gasteiger partial charge on any atom is -0.362 e. The number of para-hydroxylation sites is 2. The predicted molar refractivity (Wildman–Crippen MR) is 128 cm³/mol. The van der Waals surface area contributed by atoms with Crippen molar-refractivity contribution in [2.75, 3.05) is 30.9 Å². The van der Waals surface area contributed by atoms with Crippen molar-refractivity contribution in [2.45, 2.75) is 38.3 Å². The van der Waals surface area contributed by atoms with Gasteiger partial charge in [0, 0.05) is 43.7 Å². The van der Waals surface area contributed by atoms with Crippen LogP contribution in [0.2, 0.25) is 0 Å². The van der Waals surface area contributed by atoms with Gasteiger partial charge in [-0.3, -0.25) is 10.1 Å². The number of hydrogen-bond donors (Lipinski definition) is 2. The zero-order valence-corrected chi connectivity index (χ0v) is 18.6. The summed E-state index contributed by atoms with van der Waals surface area (Å²) in [4.78, 5) is 22.3. The summed E-state index contributed by atoms with van der Waals surface area (Å²) >= 11 is 0. The molecule has 0 bridgehead atoms. The number of rotatable bonds is 8. The van der Waals surface area contributed by atoms with Crippen LogP contribution in [0.5, 0.6) is 0 Å². The number of aromatic nitrogens is 2. The van der Waals surface area contributed by atoms with E-state index in [0.29, 0.717) is 24.5 Å². The van der Waals surface area contributed by atoms with E-state index in [0.717, 1.165) is 54.5 Å². The van der Waals surface area contributed by atoms with Crippen molar-refractivity contribution < 1.29 is 4.92 Å². The Kier molecular flexibility index (Phi) is 6.80. The van der Waals surface area contributed by atoms with Crippen molar-refractivity contribution in [3.63, 3.8) is 0 Å².